The van der Waals surface area contributed by atoms with Crippen LogP contribution in [0, 0.1) is 0 Å². The second-order valence-electron chi connectivity index (χ2n) is 4.31. The molecule has 0 N–H and O–H groups in total. The standard InChI is InChI=1S/C14H13N3O/c1-16-8-9-17(14(16)18)10-12-5-2-4-11-6-3-7-15-13(11)12/h2-9H,10H2,1H3. The summed E-state index contributed by atoms with van der Waals surface area (Å²) in [6.45, 7) is 0.550. The molecule has 0 aliphatic heterocycles. The summed E-state index contributed by atoms with van der Waals surface area (Å²) < 4.78 is 3.25. The number of imidazole rings is 1. The van der Waals surface area contributed by atoms with Crippen molar-refractivity contribution in [3.05, 3.63) is 65.0 Å². The summed E-state index contributed by atoms with van der Waals surface area (Å²) in [5.41, 5.74) is 2.00. The predicted molar refractivity (Wildman–Crippen MR) is 70.5 cm³/mol. The fourth-order valence-electron chi connectivity index (χ4n) is 2.11. The molecule has 0 radical (unpaired) electrons. The summed E-state index contributed by atoms with van der Waals surface area (Å²) >= 11 is 0. The van der Waals surface area contributed by atoms with Crippen molar-refractivity contribution in [1.82, 2.24) is 14.1 Å². The first kappa shape index (κ1) is 10.8. The molecule has 4 heteroatoms. The zero-order chi connectivity index (χ0) is 12.5. The highest BCUT2D eigenvalue weighted by Gasteiger charge is 2.05. The Bertz CT molecular complexity index is 750. The molecule has 3 rings (SSSR count). The number of hydrogen-bond donors (Lipinski definition) is 0. The van der Waals surface area contributed by atoms with Crippen molar-refractivity contribution in [2.75, 3.05) is 0 Å². The van der Waals surface area contributed by atoms with Crippen LogP contribution >= 0.6 is 0 Å². The lowest BCUT2D eigenvalue weighted by Gasteiger charge is -2.05. The topological polar surface area (TPSA) is 39.8 Å². The second-order valence-corrected chi connectivity index (χ2v) is 4.31. The Hall–Kier alpha value is -2.36. The molecule has 0 bridgehead atoms. The maximum absolute atomic E-state index is 11.8. The van der Waals surface area contributed by atoms with Gasteiger partial charge in [0.05, 0.1) is 12.1 Å². The van der Waals surface area contributed by atoms with Crippen LogP contribution in [0.3, 0.4) is 0 Å². The first-order valence-electron chi connectivity index (χ1n) is 5.80. The minimum Gasteiger partial charge on any atom is -0.302 e. The quantitative estimate of drug-likeness (QED) is 0.684. The Labute approximate surface area is 104 Å². The van der Waals surface area contributed by atoms with Gasteiger partial charge in [-0.05, 0) is 11.6 Å². The van der Waals surface area contributed by atoms with Crippen LogP contribution in [0.1, 0.15) is 5.56 Å². The molecule has 0 amide bonds. The summed E-state index contributed by atoms with van der Waals surface area (Å²) in [6.07, 6.45) is 5.34. The minimum atomic E-state index is -0.0112. The number of benzene rings is 1. The Morgan fingerprint density at radius 3 is 2.78 bits per heavy atom. The van der Waals surface area contributed by atoms with Gasteiger partial charge in [-0.2, -0.15) is 0 Å². The largest absolute Gasteiger partial charge is 0.328 e. The molecule has 2 heterocycles. The van der Waals surface area contributed by atoms with E-state index in [1.54, 1.807) is 34.8 Å². The molecular formula is C14H13N3O. The lowest BCUT2D eigenvalue weighted by molar-refractivity contribution is 0.720. The Morgan fingerprint density at radius 2 is 2.00 bits per heavy atom. The number of hydrogen-bond acceptors (Lipinski definition) is 2. The van der Waals surface area contributed by atoms with Gasteiger partial charge in [-0.25, -0.2) is 4.79 Å². The molecule has 2 aromatic heterocycles. The number of pyridine rings is 1. The van der Waals surface area contributed by atoms with Crippen LogP contribution in [0.2, 0.25) is 0 Å². The second kappa shape index (κ2) is 4.14. The summed E-state index contributed by atoms with van der Waals surface area (Å²) in [5, 5.41) is 1.10. The number of para-hydroxylation sites is 1. The molecule has 0 aliphatic carbocycles. The van der Waals surface area contributed by atoms with Crippen molar-refractivity contribution in [2.45, 2.75) is 6.54 Å². The average molecular weight is 239 g/mol. The molecule has 1 aromatic carbocycles. The fourth-order valence-corrected chi connectivity index (χ4v) is 2.11. The molecule has 4 nitrogen and oxygen atoms in total. The molecule has 0 saturated heterocycles. The van der Waals surface area contributed by atoms with Gasteiger partial charge in [0.25, 0.3) is 0 Å². The highest BCUT2D eigenvalue weighted by atomic mass is 16.1. The van der Waals surface area contributed by atoms with Gasteiger partial charge in [-0.1, -0.05) is 24.3 Å². The first-order valence-corrected chi connectivity index (χ1v) is 5.80. The highest BCUT2D eigenvalue weighted by molar-refractivity contribution is 5.81. The van der Waals surface area contributed by atoms with E-state index in [9.17, 15) is 4.79 Å². The van der Waals surface area contributed by atoms with Crippen molar-refractivity contribution in [1.29, 1.82) is 0 Å². The van der Waals surface area contributed by atoms with Crippen LogP contribution in [0.4, 0.5) is 0 Å². The van der Waals surface area contributed by atoms with Gasteiger partial charge < -0.3 is 4.57 Å². The minimum absolute atomic E-state index is 0.0112. The Balaban J connectivity index is 2.10. The maximum Gasteiger partial charge on any atom is 0.328 e. The highest BCUT2D eigenvalue weighted by Crippen LogP contribution is 2.16. The zero-order valence-electron chi connectivity index (χ0n) is 10.1. The third kappa shape index (κ3) is 1.72. The van der Waals surface area contributed by atoms with Crippen LogP contribution in [0.5, 0.6) is 0 Å². The number of fused-ring (bicyclic) bond motifs is 1. The lowest BCUT2D eigenvalue weighted by Crippen LogP contribution is -2.22. The van der Waals surface area contributed by atoms with E-state index in [1.165, 1.54) is 0 Å². The van der Waals surface area contributed by atoms with Gasteiger partial charge in [-0.3, -0.25) is 9.55 Å². The SMILES string of the molecule is Cn1ccn(Cc2cccc3cccnc23)c1=O. The van der Waals surface area contributed by atoms with E-state index in [4.69, 9.17) is 0 Å². The van der Waals surface area contributed by atoms with Gasteiger partial charge >= 0.3 is 5.69 Å². The number of rotatable bonds is 2. The Morgan fingerprint density at radius 1 is 1.17 bits per heavy atom. The lowest BCUT2D eigenvalue weighted by atomic mass is 10.1. The van der Waals surface area contributed by atoms with Crippen molar-refractivity contribution in [3.63, 3.8) is 0 Å². The van der Waals surface area contributed by atoms with E-state index >= 15 is 0 Å². The molecule has 0 aliphatic rings. The van der Waals surface area contributed by atoms with E-state index < -0.39 is 0 Å². The monoisotopic (exact) mass is 239 g/mol. The molecule has 0 saturated carbocycles. The van der Waals surface area contributed by atoms with Gasteiger partial charge in [-0.15, -0.1) is 0 Å². The third-order valence-electron chi connectivity index (χ3n) is 3.07. The number of nitrogens with zero attached hydrogens (tertiary/aromatic N) is 3. The number of aromatic nitrogens is 3. The van der Waals surface area contributed by atoms with E-state index in [0.717, 1.165) is 16.5 Å². The van der Waals surface area contributed by atoms with Gasteiger partial charge in [0.2, 0.25) is 0 Å². The zero-order valence-corrected chi connectivity index (χ0v) is 10.1. The van der Waals surface area contributed by atoms with Crippen LogP contribution < -0.4 is 5.69 Å². The summed E-state index contributed by atoms with van der Waals surface area (Å²) in [4.78, 5) is 16.2. The number of aryl methyl sites for hydroxylation is 1. The smallest absolute Gasteiger partial charge is 0.302 e. The van der Waals surface area contributed by atoms with Crippen LogP contribution in [-0.4, -0.2) is 14.1 Å². The van der Waals surface area contributed by atoms with Gasteiger partial charge in [0.15, 0.2) is 0 Å². The molecule has 0 unspecified atom stereocenters. The Kier molecular flexibility index (Phi) is 2.48. The first-order chi connectivity index (χ1) is 8.75. The van der Waals surface area contributed by atoms with E-state index in [1.807, 2.05) is 30.3 Å². The molecule has 0 atom stereocenters. The van der Waals surface area contributed by atoms with Crippen LogP contribution in [0.25, 0.3) is 10.9 Å². The van der Waals surface area contributed by atoms with Crippen molar-refractivity contribution < 1.29 is 0 Å². The molecule has 0 fully saturated rings. The van der Waals surface area contributed by atoms with Crippen molar-refractivity contribution in [3.8, 4) is 0 Å². The molecule has 0 spiro atoms. The van der Waals surface area contributed by atoms with Crippen LogP contribution in [-0.2, 0) is 13.6 Å². The summed E-state index contributed by atoms with van der Waals surface area (Å²) in [6, 6.07) is 9.97. The molecule has 90 valence electrons. The van der Waals surface area contributed by atoms with E-state index in [-0.39, 0.29) is 5.69 Å². The molecular weight excluding hydrogens is 226 g/mol. The van der Waals surface area contributed by atoms with Crippen LogP contribution in [0.15, 0.2) is 53.7 Å². The third-order valence-corrected chi connectivity index (χ3v) is 3.07. The fraction of sp³-hybridized carbons (Fsp3) is 0.143. The van der Waals surface area contributed by atoms with E-state index in [0.29, 0.717) is 6.54 Å². The van der Waals surface area contributed by atoms with Crippen molar-refractivity contribution in [2.24, 2.45) is 7.05 Å². The van der Waals surface area contributed by atoms with E-state index in [2.05, 4.69) is 4.98 Å². The molecule has 18 heavy (non-hydrogen) atoms. The normalized spacial score (nSPS) is 10.9. The van der Waals surface area contributed by atoms with Gasteiger partial charge in [0, 0.05) is 31.0 Å². The summed E-state index contributed by atoms with van der Waals surface area (Å²) in [7, 11) is 1.75. The summed E-state index contributed by atoms with van der Waals surface area (Å²) in [5.74, 6) is 0. The van der Waals surface area contributed by atoms with Crippen molar-refractivity contribution >= 4 is 10.9 Å². The molecule has 3 aromatic rings. The predicted octanol–water partition coefficient (Wildman–Crippen LogP) is 1.78. The maximum atomic E-state index is 11.8. The average Bonchev–Trinajstić information content (AvgIpc) is 2.71. The van der Waals surface area contributed by atoms with Gasteiger partial charge in [0.1, 0.15) is 0 Å².